The van der Waals surface area contributed by atoms with E-state index in [1.807, 2.05) is 39.0 Å². The average molecular weight is 354 g/mol. The molecule has 3 rings (SSSR count). The summed E-state index contributed by atoms with van der Waals surface area (Å²) in [5.41, 5.74) is 2.73. The summed E-state index contributed by atoms with van der Waals surface area (Å²) in [5, 5.41) is 0. The Kier molecular flexibility index (Phi) is 5.23. The van der Waals surface area contributed by atoms with E-state index in [9.17, 15) is 9.59 Å². The van der Waals surface area contributed by atoms with Gasteiger partial charge in [0.25, 0.3) is 0 Å². The van der Waals surface area contributed by atoms with Crippen molar-refractivity contribution in [1.82, 2.24) is 14.9 Å². The van der Waals surface area contributed by atoms with Crippen molar-refractivity contribution in [2.45, 2.75) is 33.7 Å². The highest BCUT2D eigenvalue weighted by molar-refractivity contribution is 6.05. The van der Waals surface area contributed by atoms with Crippen LogP contribution in [0.25, 0.3) is 0 Å². The molecule has 2 aromatic heterocycles. The first kappa shape index (κ1) is 18.3. The van der Waals surface area contributed by atoms with Gasteiger partial charge in [0, 0.05) is 43.6 Å². The molecule has 3 heterocycles. The molecule has 26 heavy (non-hydrogen) atoms. The lowest BCUT2D eigenvalue weighted by Crippen LogP contribution is -2.52. The molecule has 0 saturated carbocycles. The fourth-order valence-electron chi connectivity index (χ4n) is 3.78. The number of H-pyrrole nitrogens is 1. The highest BCUT2D eigenvalue weighted by atomic mass is 16.1. The Morgan fingerprint density at radius 1 is 1.15 bits per heavy atom. The number of ketones is 2. The molecular formula is C20H26N4O2. The summed E-state index contributed by atoms with van der Waals surface area (Å²) < 4.78 is 0. The maximum Gasteiger partial charge on any atom is 0.196 e. The molecule has 1 aliphatic rings. The number of aromatic amines is 1. The smallest absolute Gasteiger partial charge is 0.196 e. The van der Waals surface area contributed by atoms with Crippen LogP contribution in [0.5, 0.6) is 0 Å². The summed E-state index contributed by atoms with van der Waals surface area (Å²) in [6, 6.07) is 5.69. The fraction of sp³-hybridized carbons (Fsp3) is 0.450. The largest absolute Gasteiger partial charge is 0.355 e. The van der Waals surface area contributed by atoms with Crippen LogP contribution in [0, 0.1) is 13.8 Å². The Bertz CT molecular complexity index is 805. The minimum Gasteiger partial charge on any atom is -0.355 e. The molecule has 6 heteroatoms. The molecule has 6 nitrogen and oxygen atoms in total. The van der Waals surface area contributed by atoms with Gasteiger partial charge in [-0.3, -0.25) is 14.5 Å². The summed E-state index contributed by atoms with van der Waals surface area (Å²) in [7, 11) is 0. The molecule has 0 aliphatic carbocycles. The number of nitrogens with one attached hydrogen (secondary N) is 1. The lowest BCUT2D eigenvalue weighted by Gasteiger charge is -2.38. The van der Waals surface area contributed by atoms with E-state index in [0.29, 0.717) is 11.3 Å². The molecule has 2 aromatic rings. The minimum absolute atomic E-state index is 0.00747. The lowest BCUT2D eigenvalue weighted by molar-refractivity contribution is 0.0824. The van der Waals surface area contributed by atoms with Crippen LogP contribution in [0.2, 0.25) is 0 Å². The molecule has 138 valence electrons. The number of pyridine rings is 1. The lowest BCUT2D eigenvalue weighted by atomic mass is 10.0. The highest BCUT2D eigenvalue weighted by Gasteiger charge is 2.29. The first-order chi connectivity index (χ1) is 12.4. The molecule has 0 unspecified atom stereocenters. The molecule has 1 atom stereocenters. The van der Waals surface area contributed by atoms with Crippen molar-refractivity contribution in [2.75, 3.05) is 31.1 Å². The van der Waals surface area contributed by atoms with Crippen molar-refractivity contribution < 1.29 is 9.59 Å². The third-order valence-corrected chi connectivity index (χ3v) is 5.25. The van der Waals surface area contributed by atoms with Gasteiger partial charge >= 0.3 is 0 Å². The number of Topliss-reactive ketones (excluding diaryl/α,β-unsaturated/α-hetero) is 2. The van der Waals surface area contributed by atoms with Crippen LogP contribution >= 0.6 is 0 Å². The van der Waals surface area contributed by atoms with Gasteiger partial charge in [0.2, 0.25) is 0 Å². The number of carbonyl (C=O) groups excluding carboxylic acids is 2. The first-order valence-electron chi connectivity index (χ1n) is 9.04. The number of rotatable bonds is 5. The Morgan fingerprint density at radius 2 is 1.85 bits per heavy atom. The summed E-state index contributed by atoms with van der Waals surface area (Å²) in [4.78, 5) is 36.8. The Labute approximate surface area is 154 Å². The number of piperazine rings is 1. The number of aryl methyl sites for hydroxylation is 1. The standard InChI is InChI=1S/C20H26N4O2/c1-13-18(16(4)25)14(2)22-19(13)20(26)15(3)23-9-11-24(12-10-23)17-7-5-6-8-21-17/h5-8,15,22H,9-12H2,1-4H3/t15-/m0/s1. The van der Waals surface area contributed by atoms with E-state index in [1.54, 1.807) is 6.20 Å². The van der Waals surface area contributed by atoms with Crippen LogP contribution in [0.3, 0.4) is 0 Å². The summed E-state index contributed by atoms with van der Waals surface area (Å²) >= 11 is 0. The van der Waals surface area contributed by atoms with Gasteiger partial charge in [-0.25, -0.2) is 4.98 Å². The molecule has 1 aliphatic heterocycles. The minimum atomic E-state index is -0.225. The third-order valence-electron chi connectivity index (χ3n) is 5.25. The molecular weight excluding hydrogens is 328 g/mol. The van der Waals surface area contributed by atoms with E-state index >= 15 is 0 Å². The number of aromatic nitrogens is 2. The molecule has 0 amide bonds. The van der Waals surface area contributed by atoms with Gasteiger partial charge in [-0.05, 0) is 45.4 Å². The van der Waals surface area contributed by atoms with Gasteiger partial charge in [-0.2, -0.15) is 0 Å². The zero-order chi connectivity index (χ0) is 18.8. The predicted octanol–water partition coefficient (Wildman–Crippen LogP) is 2.62. The van der Waals surface area contributed by atoms with Crippen LogP contribution in [-0.2, 0) is 0 Å². The van der Waals surface area contributed by atoms with Gasteiger partial charge in [0.15, 0.2) is 11.6 Å². The molecule has 0 spiro atoms. The van der Waals surface area contributed by atoms with Crippen molar-refractivity contribution in [3.8, 4) is 0 Å². The number of nitrogens with zero attached hydrogens (tertiary/aromatic N) is 3. The van der Waals surface area contributed by atoms with E-state index < -0.39 is 0 Å². The topological polar surface area (TPSA) is 69.3 Å². The quantitative estimate of drug-likeness (QED) is 0.836. The molecule has 0 aromatic carbocycles. The van der Waals surface area contributed by atoms with Crippen molar-refractivity contribution in [3.05, 3.63) is 46.9 Å². The van der Waals surface area contributed by atoms with Gasteiger partial charge in [0.05, 0.1) is 11.7 Å². The summed E-state index contributed by atoms with van der Waals surface area (Å²) in [6.45, 7) is 10.5. The van der Waals surface area contributed by atoms with Crippen molar-refractivity contribution in [2.24, 2.45) is 0 Å². The van der Waals surface area contributed by atoms with Crippen molar-refractivity contribution in [1.29, 1.82) is 0 Å². The van der Waals surface area contributed by atoms with Gasteiger partial charge in [0.1, 0.15) is 5.82 Å². The molecule has 1 fully saturated rings. The van der Waals surface area contributed by atoms with Crippen molar-refractivity contribution >= 4 is 17.4 Å². The van der Waals surface area contributed by atoms with Gasteiger partial charge < -0.3 is 9.88 Å². The predicted molar refractivity (Wildman–Crippen MR) is 102 cm³/mol. The van der Waals surface area contributed by atoms with Gasteiger partial charge in [-0.15, -0.1) is 0 Å². The van der Waals surface area contributed by atoms with Crippen LogP contribution in [-0.4, -0.2) is 58.7 Å². The Balaban J connectivity index is 1.69. The Hall–Kier alpha value is -2.47. The zero-order valence-electron chi connectivity index (χ0n) is 15.9. The molecule has 0 bridgehead atoms. The molecule has 1 saturated heterocycles. The van der Waals surface area contributed by atoms with E-state index in [-0.39, 0.29) is 17.6 Å². The number of anilines is 1. The zero-order valence-corrected chi connectivity index (χ0v) is 15.9. The molecule has 1 N–H and O–H groups in total. The average Bonchev–Trinajstić information content (AvgIpc) is 2.95. The second-order valence-corrected chi connectivity index (χ2v) is 6.93. The number of hydrogen-bond acceptors (Lipinski definition) is 5. The molecule has 0 radical (unpaired) electrons. The van der Waals surface area contributed by atoms with E-state index in [2.05, 4.69) is 19.8 Å². The second-order valence-electron chi connectivity index (χ2n) is 6.93. The maximum absolute atomic E-state index is 13.0. The first-order valence-corrected chi connectivity index (χ1v) is 9.04. The van der Waals surface area contributed by atoms with Crippen LogP contribution < -0.4 is 4.90 Å². The van der Waals surface area contributed by atoms with Gasteiger partial charge in [-0.1, -0.05) is 6.07 Å². The maximum atomic E-state index is 13.0. The van der Waals surface area contributed by atoms with E-state index in [1.165, 1.54) is 6.92 Å². The van der Waals surface area contributed by atoms with E-state index in [0.717, 1.165) is 43.3 Å². The number of hydrogen-bond donors (Lipinski definition) is 1. The summed E-state index contributed by atoms with van der Waals surface area (Å²) in [5.74, 6) is 1.02. The monoisotopic (exact) mass is 354 g/mol. The fourth-order valence-corrected chi connectivity index (χ4v) is 3.78. The third kappa shape index (κ3) is 3.42. The Morgan fingerprint density at radius 3 is 2.38 bits per heavy atom. The van der Waals surface area contributed by atoms with Crippen LogP contribution in [0.1, 0.15) is 46.0 Å². The second kappa shape index (κ2) is 7.41. The number of carbonyl (C=O) groups is 2. The SMILES string of the molecule is CC(=O)c1c(C)[nH]c(C(=O)[C@H](C)N2CCN(c3ccccn3)CC2)c1C. The van der Waals surface area contributed by atoms with E-state index in [4.69, 9.17) is 0 Å². The van der Waals surface area contributed by atoms with Crippen molar-refractivity contribution in [3.63, 3.8) is 0 Å². The summed E-state index contributed by atoms with van der Waals surface area (Å²) in [6.07, 6.45) is 1.80. The highest BCUT2D eigenvalue weighted by Crippen LogP contribution is 2.22. The van der Waals surface area contributed by atoms with Crippen LogP contribution in [0.15, 0.2) is 24.4 Å². The van der Waals surface area contributed by atoms with Crippen LogP contribution in [0.4, 0.5) is 5.82 Å². The normalized spacial score (nSPS) is 16.5.